The Morgan fingerprint density at radius 3 is 2.50 bits per heavy atom. The molecule has 0 atom stereocenters. The van der Waals surface area contributed by atoms with Gasteiger partial charge in [-0.15, -0.1) is 11.3 Å². The van der Waals surface area contributed by atoms with E-state index in [1.54, 1.807) is 11.3 Å². The van der Waals surface area contributed by atoms with Crippen molar-refractivity contribution in [2.24, 2.45) is 0 Å². The van der Waals surface area contributed by atoms with E-state index in [1.165, 1.54) is 0 Å². The Kier molecular flexibility index (Phi) is 7.21. The maximum atomic E-state index is 11.4. The lowest BCUT2D eigenvalue weighted by Crippen LogP contribution is -2.28. The summed E-state index contributed by atoms with van der Waals surface area (Å²) in [6.45, 7) is 10.3. The average molecular weight is 347 g/mol. The van der Waals surface area contributed by atoms with Gasteiger partial charge in [-0.25, -0.2) is 4.98 Å². The first-order valence-corrected chi connectivity index (χ1v) is 9.36. The van der Waals surface area contributed by atoms with Crippen molar-refractivity contribution in [1.82, 2.24) is 9.88 Å². The van der Waals surface area contributed by atoms with Crippen LogP contribution in [0.4, 0.5) is 10.8 Å². The third-order valence-corrected chi connectivity index (χ3v) is 4.69. The SMILES string of the molecule is CCC(=O)Nc1ccc(-c2csc(NCCN(CC)CC)n2)cc1. The van der Waals surface area contributed by atoms with Crippen LogP contribution in [0.2, 0.25) is 0 Å². The fourth-order valence-electron chi connectivity index (χ4n) is 2.32. The molecule has 0 saturated carbocycles. The highest BCUT2D eigenvalue weighted by Gasteiger charge is 2.06. The largest absolute Gasteiger partial charge is 0.360 e. The van der Waals surface area contributed by atoms with E-state index < -0.39 is 0 Å². The lowest BCUT2D eigenvalue weighted by atomic mass is 10.1. The molecule has 1 aromatic heterocycles. The molecule has 0 aliphatic carbocycles. The second kappa shape index (κ2) is 9.39. The number of anilines is 2. The van der Waals surface area contributed by atoms with Crippen LogP contribution in [0.25, 0.3) is 11.3 Å². The zero-order valence-electron chi connectivity index (χ0n) is 14.6. The van der Waals surface area contributed by atoms with Gasteiger partial charge in [-0.3, -0.25) is 4.79 Å². The molecule has 0 aliphatic heterocycles. The van der Waals surface area contributed by atoms with Crippen molar-refractivity contribution >= 4 is 28.1 Å². The normalized spacial score (nSPS) is 10.8. The van der Waals surface area contributed by atoms with E-state index in [4.69, 9.17) is 0 Å². The highest BCUT2D eigenvalue weighted by molar-refractivity contribution is 7.14. The molecule has 1 aromatic carbocycles. The minimum Gasteiger partial charge on any atom is -0.360 e. The van der Waals surface area contributed by atoms with Crippen molar-refractivity contribution < 1.29 is 4.79 Å². The van der Waals surface area contributed by atoms with Gasteiger partial charge in [0.1, 0.15) is 0 Å². The van der Waals surface area contributed by atoms with Crippen LogP contribution >= 0.6 is 11.3 Å². The lowest BCUT2D eigenvalue weighted by molar-refractivity contribution is -0.115. The van der Waals surface area contributed by atoms with Crippen LogP contribution in [0.1, 0.15) is 27.2 Å². The van der Waals surface area contributed by atoms with Crippen molar-refractivity contribution in [3.63, 3.8) is 0 Å². The predicted octanol–water partition coefficient (Wildman–Crippen LogP) is 3.91. The Bertz CT molecular complexity index is 635. The second-order valence-electron chi connectivity index (χ2n) is 5.47. The summed E-state index contributed by atoms with van der Waals surface area (Å²) >= 11 is 1.62. The molecule has 0 radical (unpaired) electrons. The van der Waals surface area contributed by atoms with E-state index in [9.17, 15) is 4.79 Å². The van der Waals surface area contributed by atoms with E-state index in [-0.39, 0.29) is 5.91 Å². The quantitative estimate of drug-likeness (QED) is 0.723. The summed E-state index contributed by atoms with van der Waals surface area (Å²) in [6.07, 6.45) is 0.482. The zero-order valence-corrected chi connectivity index (χ0v) is 15.4. The molecule has 0 bridgehead atoms. The molecule has 130 valence electrons. The Balaban J connectivity index is 1.91. The maximum Gasteiger partial charge on any atom is 0.224 e. The van der Waals surface area contributed by atoms with Crippen LogP contribution in [-0.4, -0.2) is 42.0 Å². The number of rotatable bonds is 9. The molecule has 0 spiro atoms. The van der Waals surface area contributed by atoms with Gasteiger partial charge in [0.25, 0.3) is 0 Å². The van der Waals surface area contributed by atoms with E-state index in [1.807, 2.05) is 31.2 Å². The third-order valence-electron chi connectivity index (χ3n) is 3.89. The molecule has 0 unspecified atom stereocenters. The Morgan fingerprint density at radius 2 is 1.88 bits per heavy atom. The van der Waals surface area contributed by atoms with Crippen molar-refractivity contribution in [1.29, 1.82) is 0 Å². The molecule has 5 nitrogen and oxygen atoms in total. The number of aromatic nitrogens is 1. The Labute approximate surface area is 148 Å². The Morgan fingerprint density at radius 1 is 1.17 bits per heavy atom. The first-order valence-electron chi connectivity index (χ1n) is 8.48. The number of thiazole rings is 1. The number of amides is 1. The topological polar surface area (TPSA) is 57.3 Å². The van der Waals surface area contributed by atoms with Crippen LogP contribution in [0.3, 0.4) is 0 Å². The third kappa shape index (κ3) is 5.32. The molecular formula is C18H26N4OS. The summed E-state index contributed by atoms with van der Waals surface area (Å²) in [5.41, 5.74) is 2.83. The van der Waals surface area contributed by atoms with Crippen molar-refractivity contribution in [2.45, 2.75) is 27.2 Å². The molecule has 0 fully saturated rings. The predicted molar refractivity (Wildman–Crippen MR) is 103 cm³/mol. The molecule has 2 rings (SSSR count). The highest BCUT2D eigenvalue weighted by Crippen LogP contribution is 2.25. The minimum atomic E-state index is 0.0242. The molecular weight excluding hydrogens is 320 g/mol. The van der Waals surface area contributed by atoms with Crippen LogP contribution in [0, 0.1) is 0 Å². The fourth-order valence-corrected chi connectivity index (χ4v) is 3.07. The summed E-state index contributed by atoms with van der Waals surface area (Å²) < 4.78 is 0. The summed E-state index contributed by atoms with van der Waals surface area (Å²) in [5.74, 6) is 0.0242. The number of carbonyl (C=O) groups is 1. The molecule has 2 N–H and O–H groups in total. The highest BCUT2D eigenvalue weighted by atomic mass is 32.1. The monoisotopic (exact) mass is 346 g/mol. The first-order chi connectivity index (χ1) is 11.7. The molecule has 6 heteroatoms. The molecule has 24 heavy (non-hydrogen) atoms. The summed E-state index contributed by atoms with van der Waals surface area (Å²) in [6, 6.07) is 7.80. The Hall–Kier alpha value is -1.92. The van der Waals surface area contributed by atoms with Gasteiger partial charge in [0.15, 0.2) is 5.13 Å². The van der Waals surface area contributed by atoms with Crippen molar-refractivity contribution in [3.05, 3.63) is 29.6 Å². The number of nitrogens with one attached hydrogen (secondary N) is 2. The maximum absolute atomic E-state index is 11.4. The van der Waals surface area contributed by atoms with Gasteiger partial charge in [-0.2, -0.15) is 0 Å². The van der Waals surface area contributed by atoms with Crippen LogP contribution < -0.4 is 10.6 Å². The van der Waals surface area contributed by atoms with Gasteiger partial charge in [0.2, 0.25) is 5.91 Å². The lowest BCUT2D eigenvalue weighted by Gasteiger charge is -2.17. The molecule has 0 saturated heterocycles. The van der Waals surface area contributed by atoms with Gasteiger partial charge in [0, 0.05) is 36.1 Å². The van der Waals surface area contributed by atoms with Gasteiger partial charge in [-0.1, -0.05) is 32.9 Å². The molecule has 1 amide bonds. The standard InChI is InChI=1S/C18H26N4OS/c1-4-17(23)20-15-9-7-14(8-10-15)16-13-24-18(21-16)19-11-12-22(5-2)6-3/h7-10,13H,4-6,11-12H2,1-3H3,(H,19,21)(H,20,23). The second-order valence-corrected chi connectivity index (χ2v) is 6.33. The van der Waals surface area contributed by atoms with Crippen LogP contribution in [-0.2, 0) is 4.79 Å². The van der Waals surface area contributed by atoms with Crippen LogP contribution in [0.15, 0.2) is 29.6 Å². The minimum absolute atomic E-state index is 0.0242. The van der Waals surface area contributed by atoms with Crippen LogP contribution in [0.5, 0.6) is 0 Å². The number of hydrogen-bond donors (Lipinski definition) is 2. The number of likely N-dealkylation sites (N-methyl/N-ethyl adjacent to an activating group) is 1. The number of hydrogen-bond acceptors (Lipinski definition) is 5. The van der Waals surface area contributed by atoms with Gasteiger partial charge >= 0.3 is 0 Å². The zero-order chi connectivity index (χ0) is 17.4. The van der Waals surface area contributed by atoms with Gasteiger partial charge in [0.05, 0.1) is 5.69 Å². The van der Waals surface area contributed by atoms with E-state index >= 15 is 0 Å². The van der Waals surface area contributed by atoms with E-state index in [2.05, 4.69) is 39.7 Å². The number of carbonyl (C=O) groups excluding carboxylic acids is 1. The molecule has 2 aromatic rings. The number of nitrogens with zero attached hydrogens (tertiary/aromatic N) is 2. The summed E-state index contributed by atoms with van der Waals surface area (Å²) in [5, 5.41) is 9.24. The fraction of sp³-hybridized carbons (Fsp3) is 0.444. The average Bonchev–Trinajstić information content (AvgIpc) is 3.08. The van der Waals surface area contributed by atoms with Crippen molar-refractivity contribution in [3.8, 4) is 11.3 Å². The first kappa shape index (κ1) is 18.4. The van der Waals surface area contributed by atoms with E-state index in [0.717, 1.165) is 48.3 Å². The molecule has 0 aliphatic rings. The van der Waals surface area contributed by atoms with Gasteiger partial charge in [-0.05, 0) is 25.2 Å². The van der Waals surface area contributed by atoms with E-state index in [0.29, 0.717) is 6.42 Å². The summed E-state index contributed by atoms with van der Waals surface area (Å²) in [7, 11) is 0. The molecule has 1 heterocycles. The number of benzene rings is 1. The van der Waals surface area contributed by atoms with Crippen molar-refractivity contribution in [2.75, 3.05) is 36.8 Å². The summed E-state index contributed by atoms with van der Waals surface area (Å²) in [4.78, 5) is 18.4. The smallest absolute Gasteiger partial charge is 0.224 e. The van der Waals surface area contributed by atoms with Gasteiger partial charge < -0.3 is 15.5 Å².